The zero-order chi connectivity index (χ0) is 22.0. The Kier molecular flexibility index (Phi) is 78.3. The van der Waals surface area contributed by atoms with Crippen molar-refractivity contribution in [2.24, 2.45) is 0 Å². The van der Waals surface area contributed by atoms with Gasteiger partial charge in [0.25, 0.3) is 0 Å². The molecule has 0 saturated carbocycles. The van der Waals surface area contributed by atoms with E-state index in [1.807, 2.05) is 41.5 Å². The first kappa shape index (κ1) is 37.6. The second-order valence-electron chi connectivity index (χ2n) is 5.76. The lowest BCUT2D eigenvalue weighted by Crippen LogP contribution is -1.84. The molecule has 27 heavy (non-hydrogen) atoms. The van der Waals surface area contributed by atoms with Crippen molar-refractivity contribution in [1.82, 2.24) is 0 Å². The summed E-state index contributed by atoms with van der Waals surface area (Å²) in [6.45, 7) is 25.9. The Hall–Kier alpha value is -0.120. The van der Waals surface area contributed by atoms with Gasteiger partial charge in [0.2, 0.25) is 0 Å². The lowest BCUT2D eigenvalue weighted by atomic mass is 10.2. The zero-order valence-corrected chi connectivity index (χ0v) is 21.1. The maximum atomic E-state index is 4.83. The third kappa shape index (κ3) is 105. The SMILES string of the molecule is CCCCCC.CCCCCC.CCOCC.CCOCC.CCOCC. The molecule has 0 rings (SSSR count). The van der Waals surface area contributed by atoms with Crippen LogP contribution in [0.4, 0.5) is 0 Å². The molecule has 0 amide bonds. The maximum Gasteiger partial charge on any atom is 0.0437 e. The molecule has 0 aliphatic carbocycles. The van der Waals surface area contributed by atoms with E-state index in [9.17, 15) is 0 Å². The van der Waals surface area contributed by atoms with Crippen LogP contribution in [0.15, 0.2) is 0 Å². The molecule has 3 heteroatoms. The van der Waals surface area contributed by atoms with Crippen molar-refractivity contribution < 1.29 is 14.2 Å². The quantitative estimate of drug-likeness (QED) is 0.311. The highest BCUT2D eigenvalue weighted by molar-refractivity contribution is 4.31. The van der Waals surface area contributed by atoms with Crippen LogP contribution in [0.25, 0.3) is 0 Å². The molecule has 0 aromatic rings. The molecule has 0 aliphatic heterocycles. The summed E-state index contributed by atoms with van der Waals surface area (Å²) in [6.07, 6.45) is 11.1. The van der Waals surface area contributed by atoms with Crippen molar-refractivity contribution >= 4 is 0 Å². The van der Waals surface area contributed by atoms with E-state index in [0.717, 1.165) is 39.6 Å². The highest BCUT2D eigenvalue weighted by Crippen LogP contribution is 1.95. The van der Waals surface area contributed by atoms with E-state index in [-0.39, 0.29) is 0 Å². The molecule has 0 atom stereocenters. The lowest BCUT2D eigenvalue weighted by molar-refractivity contribution is 0.162. The lowest BCUT2D eigenvalue weighted by Gasteiger charge is -1.86. The Morgan fingerprint density at radius 1 is 0.296 bits per heavy atom. The van der Waals surface area contributed by atoms with Gasteiger partial charge in [0.15, 0.2) is 0 Å². The van der Waals surface area contributed by atoms with Gasteiger partial charge in [0.1, 0.15) is 0 Å². The third-order valence-corrected chi connectivity index (χ3v) is 3.14. The summed E-state index contributed by atoms with van der Waals surface area (Å²) in [5.41, 5.74) is 0. The molecule has 0 radical (unpaired) electrons. The van der Waals surface area contributed by atoms with Crippen LogP contribution in [-0.2, 0) is 14.2 Å². The fourth-order valence-electron chi connectivity index (χ4n) is 1.61. The van der Waals surface area contributed by atoms with E-state index in [4.69, 9.17) is 14.2 Å². The van der Waals surface area contributed by atoms with Crippen LogP contribution in [0.2, 0.25) is 0 Å². The molecular formula is C24H58O3. The minimum atomic E-state index is 0.844. The number of rotatable bonds is 12. The van der Waals surface area contributed by atoms with Crippen molar-refractivity contribution in [3.8, 4) is 0 Å². The monoisotopic (exact) mass is 394 g/mol. The summed E-state index contributed by atoms with van der Waals surface area (Å²) in [7, 11) is 0. The summed E-state index contributed by atoms with van der Waals surface area (Å²) < 4.78 is 14.5. The molecule has 0 fully saturated rings. The van der Waals surface area contributed by atoms with Crippen LogP contribution in [-0.4, -0.2) is 39.6 Å². The molecule has 0 aliphatic rings. The number of ether oxygens (including phenoxy) is 3. The summed E-state index contributed by atoms with van der Waals surface area (Å²) in [5.74, 6) is 0. The van der Waals surface area contributed by atoms with Crippen molar-refractivity contribution in [3.63, 3.8) is 0 Å². The van der Waals surface area contributed by atoms with Crippen molar-refractivity contribution in [3.05, 3.63) is 0 Å². The molecule has 3 nitrogen and oxygen atoms in total. The van der Waals surface area contributed by atoms with Crippen LogP contribution in [0.5, 0.6) is 0 Å². The molecule has 0 spiro atoms. The minimum absolute atomic E-state index is 0.844. The normalized spacial score (nSPS) is 8.67. The van der Waals surface area contributed by atoms with Gasteiger partial charge in [0, 0.05) is 39.6 Å². The fourth-order valence-corrected chi connectivity index (χ4v) is 1.61. The molecule has 0 heterocycles. The van der Waals surface area contributed by atoms with Crippen molar-refractivity contribution in [2.45, 2.75) is 121 Å². The van der Waals surface area contributed by atoms with Gasteiger partial charge >= 0.3 is 0 Å². The Labute approximate surface area is 174 Å². The van der Waals surface area contributed by atoms with Crippen LogP contribution >= 0.6 is 0 Å². The van der Waals surface area contributed by atoms with Gasteiger partial charge in [0.05, 0.1) is 0 Å². The first-order chi connectivity index (χ1) is 13.1. The van der Waals surface area contributed by atoms with Gasteiger partial charge in [-0.1, -0.05) is 79.1 Å². The third-order valence-electron chi connectivity index (χ3n) is 3.14. The smallest absolute Gasteiger partial charge is 0.0437 e. The number of hydrogen-bond donors (Lipinski definition) is 0. The van der Waals surface area contributed by atoms with Gasteiger partial charge in [-0.15, -0.1) is 0 Å². The van der Waals surface area contributed by atoms with Crippen LogP contribution in [0.1, 0.15) is 121 Å². The van der Waals surface area contributed by atoms with Crippen LogP contribution < -0.4 is 0 Å². The van der Waals surface area contributed by atoms with E-state index in [1.54, 1.807) is 0 Å². The summed E-state index contributed by atoms with van der Waals surface area (Å²) in [6, 6.07) is 0. The topological polar surface area (TPSA) is 27.7 Å². The molecule has 0 N–H and O–H groups in total. The molecule has 172 valence electrons. The number of unbranched alkanes of at least 4 members (excludes halogenated alkanes) is 6. The number of hydrogen-bond acceptors (Lipinski definition) is 3. The predicted octanol–water partition coefficient (Wildman–Crippen LogP) is 8.30. The van der Waals surface area contributed by atoms with E-state index in [1.165, 1.54) is 51.4 Å². The van der Waals surface area contributed by atoms with Gasteiger partial charge in [-0.25, -0.2) is 0 Å². The standard InChI is InChI=1S/2C6H14.3C4H10O/c2*1-3-5-6-4-2;3*1-3-5-4-2/h2*3-6H2,1-2H3;3*3-4H2,1-2H3. The van der Waals surface area contributed by atoms with E-state index >= 15 is 0 Å². The summed E-state index contributed by atoms with van der Waals surface area (Å²) in [4.78, 5) is 0. The highest BCUT2D eigenvalue weighted by atomic mass is 16.5. The van der Waals surface area contributed by atoms with E-state index < -0.39 is 0 Å². The second kappa shape index (κ2) is 56.2. The molecule has 0 unspecified atom stereocenters. The molecule has 0 saturated heterocycles. The predicted molar refractivity (Wildman–Crippen MR) is 126 cm³/mol. The van der Waals surface area contributed by atoms with Gasteiger partial charge < -0.3 is 14.2 Å². The van der Waals surface area contributed by atoms with Crippen LogP contribution in [0, 0.1) is 0 Å². The van der Waals surface area contributed by atoms with E-state index in [0.29, 0.717) is 0 Å². The molecule has 0 aromatic heterocycles. The average Bonchev–Trinajstić information content (AvgIpc) is 2.68. The Bertz CT molecular complexity index is 116. The Morgan fingerprint density at radius 2 is 0.444 bits per heavy atom. The van der Waals surface area contributed by atoms with Crippen molar-refractivity contribution in [1.29, 1.82) is 0 Å². The van der Waals surface area contributed by atoms with Crippen LogP contribution in [0.3, 0.4) is 0 Å². The molecule has 0 bridgehead atoms. The summed E-state index contributed by atoms with van der Waals surface area (Å²) in [5, 5.41) is 0. The van der Waals surface area contributed by atoms with E-state index in [2.05, 4.69) is 27.7 Å². The first-order valence-electron chi connectivity index (χ1n) is 11.8. The maximum absolute atomic E-state index is 4.83. The van der Waals surface area contributed by atoms with Gasteiger partial charge in [-0.3, -0.25) is 0 Å². The zero-order valence-electron chi connectivity index (χ0n) is 21.1. The Balaban J connectivity index is -0.0000000749. The molecule has 0 aromatic carbocycles. The summed E-state index contributed by atoms with van der Waals surface area (Å²) >= 11 is 0. The molecular weight excluding hydrogens is 336 g/mol. The first-order valence-corrected chi connectivity index (χ1v) is 11.8. The van der Waals surface area contributed by atoms with Gasteiger partial charge in [-0.2, -0.15) is 0 Å². The second-order valence-corrected chi connectivity index (χ2v) is 5.76. The highest BCUT2D eigenvalue weighted by Gasteiger charge is 1.76. The largest absolute Gasteiger partial charge is 0.382 e. The van der Waals surface area contributed by atoms with Crippen molar-refractivity contribution in [2.75, 3.05) is 39.6 Å². The van der Waals surface area contributed by atoms with Gasteiger partial charge in [-0.05, 0) is 41.5 Å². The Morgan fingerprint density at radius 3 is 0.481 bits per heavy atom. The minimum Gasteiger partial charge on any atom is -0.382 e. The average molecular weight is 395 g/mol. The fraction of sp³-hybridized carbons (Fsp3) is 1.00.